The van der Waals surface area contributed by atoms with Crippen LogP contribution in [-0.2, 0) is 6.42 Å². The maximum absolute atomic E-state index is 3.93. The van der Waals surface area contributed by atoms with Gasteiger partial charge in [-0.3, -0.25) is 4.90 Å². The van der Waals surface area contributed by atoms with Crippen LogP contribution in [0.15, 0.2) is 55.1 Å². The van der Waals surface area contributed by atoms with Crippen LogP contribution in [0.2, 0.25) is 0 Å². The van der Waals surface area contributed by atoms with E-state index in [0.717, 1.165) is 45.4 Å². The van der Waals surface area contributed by atoms with Gasteiger partial charge >= 0.3 is 0 Å². The molecule has 1 aliphatic carbocycles. The highest BCUT2D eigenvalue weighted by atomic mass is 15.2. The van der Waals surface area contributed by atoms with Gasteiger partial charge in [-0.25, -0.2) is 0 Å². The minimum Gasteiger partial charge on any atom is -0.314 e. The molecule has 0 bridgehead atoms. The molecule has 4 rings (SSSR count). The highest BCUT2D eigenvalue weighted by Gasteiger charge is 2.24. The number of allylic oxidation sites excluding steroid dienone is 1. The molecule has 1 fully saturated rings. The quantitative estimate of drug-likeness (QED) is 0.710. The minimum absolute atomic E-state index is 0.513. The molecule has 2 heteroatoms. The number of piperazine rings is 1. The molecule has 0 saturated carbocycles. The third-order valence-corrected chi connectivity index (χ3v) is 5.44. The van der Waals surface area contributed by atoms with E-state index in [2.05, 4.69) is 65.3 Å². The molecule has 1 atom stereocenters. The van der Waals surface area contributed by atoms with Gasteiger partial charge in [0.05, 0.1) is 0 Å². The smallest absolute Gasteiger partial charge is 0.0352 e. The fraction of sp³-hybridized carbons (Fsp3) is 0.364. The van der Waals surface area contributed by atoms with Crippen molar-refractivity contribution in [2.24, 2.45) is 0 Å². The van der Waals surface area contributed by atoms with E-state index in [9.17, 15) is 0 Å². The molecule has 124 valence electrons. The van der Waals surface area contributed by atoms with Crippen LogP contribution in [0.4, 0.5) is 0 Å². The maximum atomic E-state index is 3.93. The Bertz CT molecular complexity index is 728. The largest absolute Gasteiger partial charge is 0.314 e. The Labute approximate surface area is 145 Å². The molecule has 2 aliphatic rings. The third-order valence-electron chi connectivity index (χ3n) is 5.44. The van der Waals surface area contributed by atoms with Crippen molar-refractivity contribution in [3.8, 4) is 11.1 Å². The molecule has 1 N–H and O–H groups in total. The van der Waals surface area contributed by atoms with Crippen LogP contribution in [-0.4, -0.2) is 31.1 Å². The Balaban J connectivity index is 1.64. The van der Waals surface area contributed by atoms with E-state index in [1.165, 1.54) is 27.8 Å². The molecule has 0 spiro atoms. The van der Waals surface area contributed by atoms with Crippen molar-refractivity contribution in [1.82, 2.24) is 10.2 Å². The molecule has 0 radical (unpaired) electrons. The van der Waals surface area contributed by atoms with Crippen molar-refractivity contribution >= 4 is 0 Å². The maximum Gasteiger partial charge on any atom is 0.0352 e. The summed E-state index contributed by atoms with van der Waals surface area (Å²) >= 11 is 0. The Morgan fingerprint density at radius 2 is 1.83 bits per heavy atom. The number of fused-ring (bicyclic) bond motifs is 3. The summed E-state index contributed by atoms with van der Waals surface area (Å²) in [4.78, 5) is 2.64. The first-order valence-corrected chi connectivity index (χ1v) is 9.13. The Hall–Kier alpha value is -1.90. The fourth-order valence-electron chi connectivity index (χ4n) is 4.20. The zero-order valence-electron chi connectivity index (χ0n) is 14.3. The van der Waals surface area contributed by atoms with Crippen LogP contribution >= 0.6 is 0 Å². The summed E-state index contributed by atoms with van der Waals surface area (Å²) in [6.07, 6.45) is 5.37. The number of nitrogens with zero attached hydrogens (tertiary/aromatic N) is 1. The van der Waals surface area contributed by atoms with Crippen LogP contribution in [0.5, 0.6) is 0 Å². The van der Waals surface area contributed by atoms with E-state index in [1.807, 2.05) is 0 Å². The van der Waals surface area contributed by atoms with Gasteiger partial charge in [-0.15, -0.1) is 6.58 Å². The lowest BCUT2D eigenvalue weighted by atomic mass is 9.95. The number of benzene rings is 2. The van der Waals surface area contributed by atoms with Crippen molar-refractivity contribution in [2.45, 2.75) is 25.3 Å². The van der Waals surface area contributed by atoms with Crippen LogP contribution in [0, 0.1) is 0 Å². The monoisotopic (exact) mass is 318 g/mol. The van der Waals surface area contributed by atoms with Gasteiger partial charge in [0, 0.05) is 32.2 Å². The second kappa shape index (κ2) is 6.92. The van der Waals surface area contributed by atoms with Gasteiger partial charge in [-0.2, -0.15) is 0 Å². The zero-order chi connectivity index (χ0) is 16.4. The van der Waals surface area contributed by atoms with Crippen LogP contribution in [0.3, 0.4) is 0 Å². The molecule has 0 aromatic heterocycles. The molecule has 24 heavy (non-hydrogen) atoms. The van der Waals surface area contributed by atoms with Gasteiger partial charge in [-0.1, -0.05) is 48.5 Å². The topological polar surface area (TPSA) is 15.3 Å². The fourth-order valence-corrected chi connectivity index (χ4v) is 4.20. The molecule has 1 aliphatic heterocycles. The number of hydrogen-bond donors (Lipinski definition) is 1. The van der Waals surface area contributed by atoms with Crippen LogP contribution in [0.1, 0.15) is 35.6 Å². The Kier molecular flexibility index (Phi) is 4.50. The molecular formula is C22H26N2. The van der Waals surface area contributed by atoms with E-state index < -0.39 is 0 Å². The van der Waals surface area contributed by atoms with Crippen LogP contribution in [0.25, 0.3) is 11.1 Å². The molecule has 2 aromatic rings. The predicted octanol–water partition coefficient (Wildman–Crippen LogP) is 4.17. The molecule has 0 unspecified atom stereocenters. The zero-order valence-corrected chi connectivity index (χ0v) is 14.3. The summed E-state index contributed by atoms with van der Waals surface area (Å²) in [5.74, 6) is 0. The van der Waals surface area contributed by atoms with Crippen molar-refractivity contribution in [2.75, 3.05) is 26.2 Å². The van der Waals surface area contributed by atoms with E-state index in [1.54, 1.807) is 0 Å². The third kappa shape index (κ3) is 2.92. The van der Waals surface area contributed by atoms with E-state index >= 15 is 0 Å². The Morgan fingerprint density at radius 3 is 2.67 bits per heavy atom. The second-order valence-corrected chi connectivity index (χ2v) is 6.92. The molecule has 2 aromatic carbocycles. The van der Waals surface area contributed by atoms with Gasteiger partial charge in [0.1, 0.15) is 0 Å². The lowest BCUT2D eigenvalue weighted by molar-refractivity contribution is 0.166. The highest BCUT2D eigenvalue weighted by molar-refractivity contribution is 5.77. The first-order chi connectivity index (χ1) is 11.9. The van der Waals surface area contributed by atoms with Gasteiger partial charge < -0.3 is 5.32 Å². The van der Waals surface area contributed by atoms with Gasteiger partial charge in [0.15, 0.2) is 0 Å². The summed E-state index contributed by atoms with van der Waals surface area (Å²) in [5.41, 5.74) is 7.29. The molecule has 2 nitrogen and oxygen atoms in total. The lowest BCUT2D eigenvalue weighted by Gasteiger charge is -2.35. The van der Waals surface area contributed by atoms with E-state index in [4.69, 9.17) is 0 Å². The summed E-state index contributed by atoms with van der Waals surface area (Å²) in [6.45, 7) is 8.40. The van der Waals surface area contributed by atoms with Gasteiger partial charge in [0.2, 0.25) is 0 Å². The molecule has 0 amide bonds. The highest BCUT2D eigenvalue weighted by Crippen LogP contribution is 2.38. The van der Waals surface area contributed by atoms with Crippen molar-refractivity contribution in [3.63, 3.8) is 0 Å². The lowest BCUT2D eigenvalue weighted by Crippen LogP contribution is -2.45. The summed E-state index contributed by atoms with van der Waals surface area (Å²) in [7, 11) is 0. The molecule has 1 heterocycles. The SMILES string of the molecule is C=CCC[C@H](c1ccc2c(c1)Cc1ccccc1-2)N1CCNCC1. The average Bonchev–Trinajstić information content (AvgIpc) is 3.01. The summed E-state index contributed by atoms with van der Waals surface area (Å²) in [6, 6.07) is 16.5. The average molecular weight is 318 g/mol. The minimum atomic E-state index is 0.513. The predicted molar refractivity (Wildman–Crippen MR) is 101 cm³/mol. The standard InChI is InChI=1S/C22H26N2/c1-2-3-8-22(24-13-11-23-12-14-24)18-9-10-21-19(16-18)15-17-6-4-5-7-20(17)21/h2,4-7,9-10,16,22-23H,1,3,8,11-15H2/t22-/m1/s1. The summed E-state index contributed by atoms with van der Waals surface area (Å²) in [5, 5.41) is 3.47. The van der Waals surface area contributed by atoms with Crippen molar-refractivity contribution in [1.29, 1.82) is 0 Å². The van der Waals surface area contributed by atoms with Gasteiger partial charge in [0.25, 0.3) is 0 Å². The molecule has 1 saturated heterocycles. The summed E-state index contributed by atoms with van der Waals surface area (Å²) < 4.78 is 0. The first-order valence-electron chi connectivity index (χ1n) is 9.13. The normalized spacial score (nSPS) is 18.0. The Morgan fingerprint density at radius 1 is 1.04 bits per heavy atom. The van der Waals surface area contributed by atoms with Crippen LogP contribution < -0.4 is 5.32 Å². The first kappa shape index (κ1) is 15.6. The number of rotatable bonds is 5. The van der Waals surface area contributed by atoms with Crippen molar-refractivity contribution < 1.29 is 0 Å². The molecular weight excluding hydrogens is 292 g/mol. The second-order valence-electron chi connectivity index (χ2n) is 6.92. The number of nitrogens with one attached hydrogen (secondary N) is 1. The van der Waals surface area contributed by atoms with E-state index in [-0.39, 0.29) is 0 Å². The van der Waals surface area contributed by atoms with Crippen molar-refractivity contribution in [3.05, 3.63) is 71.8 Å². The van der Waals surface area contributed by atoms with E-state index in [0.29, 0.717) is 6.04 Å². The van der Waals surface area contributed by atoms with Gasteiger partial charge in [-0.05, 0) is 47.1 Å². The number of hydrogen-bond acceptors (Lipinski definition) is 2.